The second kappa shape index (κ2) is 11.2. The zero-order valence-electron chi connectivity index (χ0n) is 26.6. The number of rotatable bonds is 5. The molecule has 230 valence electrons. The topological polar surface area (TPSA) is 19.0 Å². The SMILES string of the molecule is c1ccc(-c2ccc(N(c3ccc4ccccc4c3)c3cc(-c4cccc5sc6ccccc6c45)c4[nH]c5ccccc5c4c3)cc2)cc1. The average Bonchev–Trinajstić information content (AvgIpc) is 3.74. The van der Waals surface area contributed by atoms with Crippen molar-refractivity contribution in [3.63, 3.8) is 0 Å². The number of anilines is 3. The van der Waals surface area contributed by atoms with Crippen molar-refractivity contribution in [3.05, 3.63) is 176 Å². The number of hydrogen-bond acceptors (Lipinski definition) is 2. The van der Waals surface area contributed by atoms with E-state index in [4.69, 9.17) is 0 Å². The predicted molar refractivity (Wildman–Crippen MR) is 212 cm³/mol. The molecule has 0 aliphatic carbocycles. The van der Waals surface area contributed by atoms with Crippen LogP contribution in [0.25, 0.3) is 75.0 Å². The molecule has 0 fully saturated rings. The van der Waals surface area contributed by atoms with Crippen LogP contribution in [0.5, 0.6) is 0 Å². The van der Waals surface area contributed by atoms with Crippen molar-refractivity contribution in [3.8, 4) is 22.3 Å². The van der Waals surface area contributed by atoms with Gasteiger partial charge in [-0.25, -0.2) is 0 Å². The number of thiophene rings is 1. The molecular formula is C46H30N2S. The van der Waals surface area contributed by atoms with Gasteiger partial charge in [0.05, 0.1) is 5.52 Å². The van der Waals surface area contributed by atoms with E-state index in [0.717, 1.165) is 28.1 Å². The molecule has 0 unspecified atom stereocenters. The minimum atomic E-state index is 1.11. The van der Waals surface area contributed by atoms with Crippen LogP contribution in [0.3, 0.4) is 0 Å². The molecular weight excluding hydrogens is 613 g/mol. The molecule has 2 aromatic heterocycles. The standard InChI is InChI=1S/C46H30N2S/c1-2-11-30(12-3-1)32-21-24-34(25-22-32)48(35-26-23-31-13-4-5-14-33(31)27-35)36-28-40-37-15-6-8-18-42(37)47-46(40)41(29-36)38-17-10-20-44-45(38)39-16-7-9-19-43(39)49-44/h1-29,47H. The van der Waals surface area contributed by atoms with Crippen molar-refractivity contribution in [1.29, 1.82) is 0 Å². The maximum atomic E-state index is 3.83. The Hall–Kier alpha value is -6.16. The van der Waals surface area contributed by atoms with E-state index in [0.29, 0.717) is 0 Å². The highest BCUT2D eigenvalue weighted by Gasteiger charge is 2.21. The normalized spacial score (nSPS) is 11.7. The summed E-state index contributed by atoms with van der Waals surface area (Å²) in [6.07, 6.45) is 0. The Kier molecular flexibility index (Phi) is 6.39. The maximum Gasteiger partial charge on any atom is 0.0546 e. The zero-order chi connectivity index (χ0) is 32.3. The van der Waals surface area contributed by atoms with Gasteiger partial charge in [0.15, 0.2) is 0 Å². The van der Waals surface area contributed by atoms with Crippen molar-refractivity contribution >= 4 is 81.1 Å². The van der Waals surface area contributed by atoms with E-state index in [1.807, 2.05) is 11.3 Å². The number of aromatic nitrogens is 1. The van der Waals surface area contributed by atoms with Crippen LogP contribution < -0.4 is 4.90 Å². The molecule has 0 atom stereocenters. The van der Waals surface area contributed by atoms with Gasteiger partial charge in [-0.2, -0.15) is 0 Å². The maximum absolute atomic E-state index is 3.83. The molecule has 10 rings (SSSR count). The first-order valence-electron chi connectivity index (χ1n) is 16.7. The van der Waals surface area contributed by atoms with Crippen LogP contribution >= 0.6 is 11.3 Å². The number of H-pyrrole nitrogens is 1. The van der Waals surface area contributed by atoms with Gasteiger partial charge in [0.2, 0.25) is 0 Å². The minimum Gasteiger partial charge on any atom is -0.354 e. The van der Waals surface area contributed by atoms with Crippen LogP contribution in [0.1, 0.15) is 0 Å². The van der Waals surface area contributed by atoms with E-state index in [2.05, 4.69) is 186 Å². The molecule has 2 heterocycles. The third kappa shape index (κ3) is 4.62. The fraction of sp³-hybridized carbons (Fsp3) is 0. The summed E-state index contributed by atoms with van der Waals surface area (Å²) in [5.74, 6) is 0. The van der Waals surface area contributed by atoms with Gasteiger partial charge < -0.3 is 9.88 Å². The van der Waals surface area contributed by atoms with Gasteiger partial charge in [-0.05, 0) is 82.1 Å². The Morgan fingerprint density at radius 2 is 1.10 bits per heavy atom. The Bertz CT molecular complexity index is 2830. The quantitative estimate of drug-likeness (QED) is 0.198. The van der Waals surface area contributed by atoms with E-state index in [1.54, 1.807) is 0 Å². The van der Waals surface area contributed by atoms with Crippen LogP contribution in [0, 0.1) is 0 Å². The monoisotopic (exact) mass is 642 g/mol. The lowest BCUT2D eigenvalue weighted by molar-refractivity contribution is 1.29. The highest BCUT2D eigenvalue weighted by atomic mass is 32.1. The summed E-state index contributed by atoms with van der Waals surface area (Å²) in [6, 6.07) is 63.9. The van der Waals surface area contributed by atoms with E-state index in [1.165, 1.54) is 64.0 Å². The van der Waals surface area contributed by atoms with E-state index < -0.39 is 0 Å². The summed E-state index contributed by atoms with van der Waals surface area (Å²) in [5, 5.41) is 7.50. The molecule has 0 aliphatic rings. The van der Waals surface area contributed by atoms with Gasteiger partial charge in [-0.3, -0.25) is 0 Å². The Labute approximate surface area is 288 Å². The Morgan fingerprint density at radius 1 is 0.408 bits per heavy atom. The second-order valence-electron chi connectivity index (χ2n) is 12.6. The molecule has 0 radical (unpaired) electrons. The van der Waals surface area contributed by atoms with Gasteiger partial charge in [0.1, 0.15) is 0 Å². The Morgan fingerprint density at radius 3 is 1.98 bits per heavy atom. The summed E-state index contributed by atoms with van der Waals surface area (Å²) in [4.78, 5) is 6.24. The lowest BCUT2D eigenvalue weighted by Crippen LogP contribution is -2.10. The number of hydrogen-bond donors (Lipinski definition) is 1. The van der Waals surface area contributed by atoms with Gasteiger partial charge in [-0.1, -0.05) is 121 Å². The van der Waals surface area contributed by atoms with Crippen molar-refractivity contribution in [2.75, 3.05) is 4.90 Å². The molecule has 10 aromatic rings. The highest BCUT2D eigenvalue weighted by Crippen LogP contribution is 2.46. The molecule has 2 nitrogen and oxygen atoms in total. The summed E-state index contributed by atoms with van der Waals surface area (Å²) in [5.41, 5.74) is 10.5. The van der Waals surface area contributed by atoms with Crippen molar-refractivity contribution < 1.29 is 0 Å². The van der Waals surface area contributed by atoms with Crippen LogP contribution in [-0.4, -0.2) is 4.98 Å². The van der Waals surface area contributed by atoms with E-state index >= 15 is 0 Å². The van der Waals surface area contributed by atoms with E-state index in [-0.39, 0.29) is 0 Å². The lowest BCUT2D eigenvalue weighted by Gasteiger charge is -2.27. The summed E-state index contributed by atoms with van der Waals surface area (Å²) in [6.45, 7) is 0. The summed E-state index contributed by atoms with van der Waals surface area (Å²) < 4.78 is 2.61. The molecule has 8 aromatic carbocycles. The number of benzene rings is 8. The molecule has 0 saturated carbocycles. The van der Waals surface area contributed by atoms with Crippen LogP contribution in [0.15, 0.2) is 176 Å². The number of fused-ring (bicyclic) bond motifs is 7. The molecule has 3 heteroatoms. The lowest BCUT2D eigenvalue weighted by atomic mass is 9.96. The van der Waals surface area contributed by atoms with Crippen LogP contribution in [0.4, 0.5) is 17.1 Å². The van der Waals surface area contributed by atoms with Gasteiger partial charge in [0.25, 0.3) is 0 Å². The fourth-order valence-corrected chi connectivity index (χ4v) is 8.60. The fourth-order valence-electron chi connectivity index (χ4n) is 7.47. The third-order valence-corrected chi connectivity index (χ3v) is 10.9. The molecule has 0 bridgehead atoms. The van der Waals surface area contributed by atoms with Crippen molar-refractivity contribution in [1.82, 2.24) is 4.98 Å². The molecule has 1 N–H and O–H groups in total. The van der Waals surface area contributed by atoms with Crippen molar-refractivity contribution in [2.45, 2.75) is 0 Å². The Balaban J connectivity index is 1.26. The molecule has 0 saturated heterocycles. The number of aromatic amines is 1. The largest absolute Gasteiger partial charge is 0.354 e. The van der Waals surface area contributed by atoms with Crippen molar-refractivity contribution in [2.24, 2.45) is 0 Å². The number of nitrogens with zero attached hydrogens (tertiary/aromatic N) is 1. The zero-order valence-corrected chi connectivity index (χ0v) is 27.4. The first kappa shape index (κ1) is 27.9. The van der Waals surface area contributed by atoms with Crippen LogP contribution in [0.2, 0.25) is 0 Å². The first-order valence-corrected chi connectivity index (χ1v) is 17.5. The summed E-state index contributed by atoms with van der Waals surface area (Å²) >= 11 is 1.87. The number of para-hydroxylation sites is 1. The molecule has 49 heavy (non-hydrogen) atoms. The number of nitrogens with one attached hydrogen (secondary N) is 1. The van der Waals surface area contributed by atoms with Crippen LogP contribution in [-0.2, 0) is 0 Å². The van der Waals surface area contributed by atoms with Gasteiger partial charge in [0, 0.05) is 59.1 Å². The van der Waals surface area contributed by atoms with Gasteiger partial charge in [-0.15, -0.1) is 11.3 Å². The molecule has 0 aliphatic heterocycles. The third-order valence-electron chi connectivity index (χ3n) is 9.77. The summed E-state index contributed by atoms with van der Waals surface area (Å²) in [7, 11) is 0. The smallest absolute Gasteiger partial charge is 0.0546 e. The van der Waals surface area contributed by atoms with Gasteiger partial charge >= 0.3 is 0 Å². The first-order chi connectivity index (χ1) is 24.3. The highest BCUT2D eigenvalue weighted by molar-refractivity contribution is 7.25. The predicted octanol–water partition coefficient (Wildman–Crippen LogP) is 13.6. The molecule has 0 spiro atoms. The van der Waals surface area contributed by atoms with E-state index in [9.17, 15) is 0 Å². The molecule has 0 amide bonds. The second-order valence-corrected chi connectivity index (χ2v) is 13.7. The minimum absolute atomic E-state index is 1.11. The average molecular weight is 643 g/mol.